The average molecular weight is 596 g/mol. The van der Waals surface area contributed by atoms with Crippen molar-refractivity contribution in [3.63, 3.8) is 0 Å². The minimum Gasteiger partial charge on any atom is -0.506 e. The van der Waals surface area contributed by atoms with E-state index >= 15 is 0 Å². The van der Waals surface area contributed by atoms with Crippen molar-refractivity contribution in [2.45, 2.75) is 63.5 Å². The lowest BCUT2D eigenvalue weighted by Crippen LogP contribution is -2.61. The van der Waals surface area contributed by atoms with Crippen LogP contribution >= 0.6 is 11.8 Å². The van der Waals surface area contributed by atoms with Gasteiger partial charge in [-0.1, -0.05) is 43.0 Å². The van der Waals surface area contributed by atoms with Crippen LogP contribution in [0.3, 0.4) is 0 Å². The number of nitrogens with one attached hydrogen (secondary N) is 1. The van der Waals surface area contributed by atoms with Crippen molar-refractivity contribution < 1.29 is 38.9 Å². The molecule has 6 rings (SSSR count). The van der Waals surface area contributed by atoms with Gasteiger partial charge in [-0.3, -0.25) is 14.4 Å². The Bertz CT molecular complexity index is 1470. The molecule has 4 fully saturated rings. The van der Waals surface area contributed by atoms with E-state index in [9.17, 15) is 38.9 Å². The van der Waals surface area contributed by atoms with Crippen molar-refractivity contribution in [2.24, 2.45) is 22.7 Å². The largest absolute Gasteiger partial charge is 0.506 e. The number of carboxylic acids is 1. The van der Waals surface area contributed by atoms with Gasteiger partial charge >= 0.3 is 5.97 Å². The minimum atomic E-state index is -1.41. The van der Waals surface area contributed by atoms with Crippen molar-refractivity contribution in [1.29, 1.82) is 0 Å². The van der Waals surface area contributed by atoms with E-state index in [0.29, 0.717) is 5.56 Å². The van der Waals surface area contributed by atoms with Crippen LogP contribution in [0.25, 0.3) is 0 Å². The highest BCUT2D eigenvalue weighted by Crippen LogP contribution is 2.68. The number of fused-ring (bicyclic) bond motifs is 2. The fourth-order valence-corrected chi connectivity index (χ4v) is 8.89. The van der Waals surface area contributed by atoms with Gasteiger partial charge in [-0.25, -0.2) is 9.18 Å². The van der Waals surface area contributed by atoms with E-state index in [1.807, 2.05) is 6.92 Å². The Morgan fingerprint density at radius 1 is 1.14 bits per heavy atom. The Hall–Kier alpha value is -3.66. The smallest absolute Gasteiger partial charge is 0.339 e. The van der Waals surface area contributed by atoms with Crippen LogP contribution in [-0.4, -0.2) is 43.3 Å². The van der Waals surface area contributed by atoms with Gasteiger partial charge in [0.2, 0.25) is 5.91 Å². The van der Waals surface area contributed by atoms with E-state index in [1.165, 1.54) is 23.9 Å². The van der Waals surface area contributed by atoms with E-state index in [4.69, 9.17) is 0 Å². The number of aromatic carboxylic acids is 1. The molecule has 2 aromatic carbocycles. The molecule has 4 aliphatic rings. The first kappa shape index (κ1) is 29.8. The van der Waals surface area contributed by atoms with Crippen molar-refractivity contribution in [2.75, 3.05) is 5.32 Å². The average Bonchev–Trinajstić information content (AvgIpc) is 2.94. The minimum absolute atomic E-state index is 0.00487. The first-order valence-electron chi connectivity index (χ1n) is 14.1. The summed E-state index contributed by atoms with van der Waals surface area (Å²) in [6.07, 6.45) is 3.76. The third-order valence-corrected chi connectivity index (χ3v) is 11.1. The van der Waals surface area contributed by atoms with E-state index < -0.39 is 34.4 Å². The van der Waals surface area contributed by atoms with Gasteiger partial charge in [0.1, 0.15) is 28.6 Å². The Morgan fingerprint density at radius 3 is 2.52 bits per heavy atom. The summed E-state index contributed by atoms with van der Waals surface area (Å²) in [5, 5.41) is 31.8. The Labute approximate surface area is 247 Å². The molecular formula is C32H34FNO7S. The van der Waals surface area contributed by atoms with E-state index in [0.717, 1.165) is 43.4 Å². The van der Waals surface area contributed by atoms with Gasteiger partial charge in [0.25, 0.3) is 0 Å². The summed E-state index contributed by atoms with van der Waals surface area (Å²) in [4.78, 5) is 51.4. The number of benzene rings is 2. The summed E-state index contributed by atoms with van der Waals surface area (Å²) >= 11 is 1.22. The van der Waals surface area contributed by atoms with Gasteiger partial charge in [0.05, 0.1) is 0 Å². The molecule has 4 saturated carbocycles. The second kappa shape index (κ2) is 11.2. The molecule has 1 spiro atoms. The molecule has 5 atom stereocenters. The predicted molar refractivity (Wildman–Crippen MR) is 156 cm³/mol. The number of rotatable bonds is 8. The van der Waals surface area contributed by atoms with Crippen LogP contribution in [0.1, 0.15) is 67.8 Å². The Kier molecular flexibility index (Phi) is 7.96. The number of amides is 1. The molecule has 222 valence electrons. The molecule has 0 aromatic heterocycles. The van der Waals surface area contributed by atoms with Crippen LogP contribution in [0, 0.1) is 28.5 Å². The number of phenolic OH excluding ortho intramolecular Hbond substituents is 1. The number of allylic oxidation sites excluding steroid dienone is 1. The van der Waals surface area contributed by atoms with Gasteiger partial charge in [0.15, 0.2) is 10.9 Å². The van der Waals surface area contributed by atoms with Gasteiger partial charge in [-0.15, -0.1) is 0 Å². The summed E-state index contributed by atoms with van der Waals surface area (Å²) in [5.74, 6) is -3.35. The van der Waals surface area contributed by atoms with Gasteiger partial charge in [-0.05, 0) is 79.2 Å². The third-order valence-electron chi connectivity index (χ3n) is 9.78. The van der Waals surface area contributed by atoms with E-state index in [1.54, 1.807) is 12.1 Å². The zero-order valence-corrected chi connectivity index (χ0v) is 24.1. The molecule has 2 bridgehead atoms. The molecule has 0 heterocycles. The molecule has 0 radical (unpaired) electrons. The summed E-state index contributed by atoms with van der Waals surface area (Å²) in [5.41, 5.74) is -0.145. The fraction of sp³-hybridized carbons (Fsp3) is 0.438. The number of carbonyl (C=O) groups excluding carboxylic acids is 3. The molecule has 10 heteroatoms. The molecule has 1 amide bonds. The number of carboxylic acid groups (broad SMARTS) is 1. The number of thioether (sulfide) groups is 1. The Morgan fingerprint density at radius 2 is 1.86 bits per heavy atom. The number of phenols is 2. The zero-order chi connectivity index (χ0) is 30.4. The highest BCUT2D eigenvalue weighted by Gasteiger charge is 2.64. The summed E-state index contributed by atoms with van der Waals surface area (Å²) in [7, 11) is 0. The fourth-order valence-electron chi connectivity index (χ4n) is 7.49. The maximum atomic E-state index is 13.8. The molecule has 4 N–H and O–H groups in total. The third kappa shape index (κ3) is 5.32. The second-order valence-corrected chi connectivity index (χ2v) is 13.4. The molecule has 8 nitrogen and oxygen atoms in total. The normalized spacial score (nSPS) is 28.3. The van der Waals surface area contributed by atoms with Crippen LogP contribution in [0.4, 0.5) is 10.1 Å². The van der Waals surface area contributed by atoms with Crippen LogP contribution in [0.5, 0.6) is 11.5 Å². The first-order chi connectivity index (χ1) is 19.8. The highest BCUT2D eigenvalue weighted by molar-refractivity contribution is 8.14. The number of aromatic hydroxyl groups is 2. The van der Waals surface area contributed by atoms with Gasteiger partial charge in [-0.2, -0.15) is 0 Å². The maximum Gasteiger partial charge on any atom is 0.339 e. The number of anilines is 1. The van der Waals surface area contributed by atoms with Crippen molar-refractivity contribution in [3.05, 3.63) is 65.5 Å². The van der Waals surface area contributed by atoms with Crippen LogP contribution in [0.2, 0.25) is 0 Å². The number of hydrogen-bond donors (Lipinski definition) is 4. The topological polar surface area (TPSA) is 141 Å². The lowest BCUT2D eigenvalue weighted by atomic mass is 9.42. The molecule has 0 saturated heterocycles. The Balaban J connectivity index is 1.34. The predicted octanol–water partition coefficient (Wildman–Crippen LogP) is 5.87. The van der Waals surface area contributed by atoms with E-state index in [-0.39, 0.29) is 70.6 Å². The summed E-state index contributed by atoms with van der Waals surface area (Å²) < 4.78 is 13.3. The van der Waals surface area contributed by atoms with Crippen LogP contribution in [0.15, 0.2) is 48.6 Å². The number of carbonyl (C=O) groups is 4. The van der Waals surface area contributed by atoms with Gasteiger partial charge in [0, 0.05) is 29.9 Å². The number of hydrogen-bond acceptors (Lipinski definition) is 7. The monoisotopic (exact) mass is 595 g/mol. The maximum absolute atomic E-state index is 13.8. The lowest BCUT2D eigenvalue weighted by Gasteiger charge is -2.63. The molecule has 2 aromatic rings. The quantitative estimate of drug-likeness (QED) is 0.220. The van der Waals surface area contributed by atoms with Crippen LogP contribution < -0.4 is 5.32 Å². The lowest BCUT2D eigenvalue weighted by molar-refractivity contribution is -0.151. The molecule has 0 aliphatic heterocycles. The standard InChI is InChI=1S/C32H34FNO7S/c1-17-16-32-12-9-19(17)14-23(32)31(2,11-10-26(37)34-28-22(35)8-7-21(29(28)39)30(40)41)24(36)15-25(32)42-27(38)13-18-3-5-20(33)6-4-18/h3-8,19,23,25,35,39H,1,9-16H2,2H3,(H,34,37)(H,40,41)/t19-,23-,25+,31+,32+/m1/s1. The molecular weight excluding hydrogens is 561 g/mol. The van der Waals surface area contributed by atoms with E-state index in [2.05, 4.69) is 11.9 Å². The second-order valence-electron chi connectivity index (χ2n) is 12.1. The van der Waals surface area contributed by atoms with Crippen LogP contribution in [-0.2, 0) is 20.8 Å². The zero-order valence-electron chi connectivity index (χ0n) is 23.3. The van der Waals surface area contributed by atoms with Crippen molar-refractivity contribution in [1.82, 2.24) is 0 Å². The van der Waals surface area contributed by atoms with Crippen molar-refractivity contribution >= 4 is 40.2 Å². The molecule has 0 unspecified atom stereocenters. The molecule has 4 aliphatic carbocycles. The summed E-state index contributed by atoms with van der Waals surface area (Å²) in [6, 6.07) is 7.95. The number of ketones is 1. The SMILES string of the molecule is C=C1C[C@@]23CC[C@@H]1C[C@@H]2[C@](C)(CCC(=O)Nc1c(O)ccc(C(=O)O)c1O)C(=O)C[C@@H]3SC(=O)Cc1ccc(F)cc1. The van der Waals surface area contributed by atoms with Crippen molar-refractivity contribution in [3.8, 4) is 11.5 Å². The highest BCUT2D eigenvalue weighted by atomic mass is 32.2. The molecule has 42 heavy (non-hydrogen) atoms. The van der Waals surface area contributed by atoms with Gasteiger partial charge < -0.3 is 20.6 Å². The first-order valence-corrected chi connectivity index (χ1v) is 14.9. The summed E-state index contributed by atoms with van der Waals surface area (Å²) in [6.45, 7) is 6.23. The number of Topliss-reactive ketones (excluding diaryl/α,β-unsaturated/α-hetero) is 1. The number of halogens is 1.